The Kier molecular flexibility index (Phi) is 4.31. The summed E-state index contributed by atoms with van der Waals surface area (Å²) >= 11 is 1.88. The molecule has 2 aliphatic rings. The molecule has 1 aliphatic carbocycles. The second-order valence-corrected chi connectivity index (χ2v) is 6.12. The van der Waals surface area contributed by atoms with Crippen molar-refractivity contribution in [1.29, 1.82) is 0 Å². The minimum absolute atomic E-state index is 0.0706. The highest BCUT2D eigenvalue weighted by Gasteiger charge is 2.34. The topological polar surface area (TPSA) is 66.4 Å². The maximum absolute atomic E-state index is 12.0. The minimum atomic E-state index is -0.756. The summed E-state index contributed by atoms with van der Waals surface area (Å²) in [6.07, 6.45) is 4.11. The van der Waals surface area contributed by atoms with E-state index < -0.39 is 5.97 Å². The lowest BCUT2D eigenvalue weighted by atomic mass is 10.0. The average Bonchev–Trinajstić information content (AvgIpc) is 2.79. The van der Waals surface area contributed by atoms with E-state index in [2.05, 4.69) is 5.32 Å². The van der Waals surface area contributed by atoms with Gasteiger partial charge in [0.1, 0.15) is 0 Å². The second-order valence-electron chi connectivity index (χ2n) is 4.97. The predicted octanol–water partition coefficient (Wildman–Crippen LogP) is 1.50. The third-order valence-corrected chi connectivity index (χ3v) is 4.87. The van der Waals surface area contributed by atoms with E-state index in [1.54, 1.807) is 0 Å². The maximum atomic E-state index is 12.0. The molecule has 0 aromatic heterocycles. The number of thioether (sulfide) groups is 1. The normalized spacial score (nSPS) is 33.3. The molecule has 17 heavy (non-hydrogen) atoms. The van der Waals surface area contributed by atoms with Crippen molar-refractivity contribution in [1.82, 2.24) is 5.32 Å². The van der Waals surface area contributed by atoms with Gasteiger partial charge >= 0.3 is 5.97 Å². The first kappa shape index (κ1) is 12.7. The van der Waals surface area contributed by atoms with Gasteiger partial charge in [-0.25, -0.2) is 0 Å². The molecule has 1 amide bonds. The molecule has 96 valence electrons. The average molecular weight is 257 g/mol. The molecule has 3 atom stereocenters. The van der Waals surface area contributed by atoms with Gasteiger partial charge in [0.25, 0.3) is 0 Å². The van der Waals surface area contributed by atoms with Crippen LogP contribution in [0.2, 0.25) is 0 Å². The number of aliphatic carboxylic acids is 1. The van der Waals surface area contributed by atoms with E-state index >= 15 is 0 Å². The van der Waals surface area contributed by atoms with Gasteiger partial charge in [-0.05, 0) is 37.9 Å². The molecule has 1 aliphatic heterocycles. The smallest absolute Gasteiger partial charge is 0.306 e. The van der Waals surface area contributed by atoms with Crippen molar-refractivity contribution in [2.24, 2.45) is 11.8 Å². The SMILES string of the molecule is O=C(O)C1CCC(C(=O)NC2CCCSC2)C1. The van der Waals surface area contributed by atoms with Crippen molar-refractivity contribution in [3.63, 3.8) is 0 Å². The predicted molar refractivity (Wildman–Crippen MR) is 67.0 cm³/mol. The molecule has 4 nitrogen and oxygen atoms in total. The highest BCUT2D eigenvalue weighted by atomic mass is 32.2. The first-order valence-electron chi connectivity index (χ1n) is 6.27. The molecular weight excluding hydrogens is 238 g/mol. The van der Waals surface area contributed by atoms with Crippen molar-refractivity contribution in [2.45, 2.75) is 38.1 Å². The lowest BCUT2D eigenvalue weighted by molar-refractivity contribution is -0.141. The third kappa shape index (κ3) is 3.37. The molecule has 0 aromatic rings. The quantitative estimate of drug-likeness (QED) is 0.804. The number of hydrogen-bond donors (Lipinski definition) is 2. The minimum Gasteiger partial charge on any atom is -0.481 e. The van der Waals surface area contributed by atoms with Gasteiger partial charge in [0.15, 0.2) is 0 Å². The van der Waals surface area contributed by atoms with E-state index in [9.17, 15) is 9.59 Å². The zero-order chi connectivity index (χ0) is 12.3. The summed E-state index contributed by atoms with van der Waals surface area (Å²) in [6.45, 7) is 0. The lowest BCUT2D eigenvalue weighted by Gasteiger charge is -2.24. The zero-order valence-electron chi connectivity index (χ0n) is 9.85. The number of amides is 1. The maximum Gasteiger partial charge on any atom is 0.306 e. The molecule has 0 spiro atoms. The third-order valence-electron chi connectivity index (χ3n) is 3.66. The van der Waals surface area contributed by atoms with Crippen LogP contribution >= 0.6 is 11.8 Å². The van der Waals surface area contributed by atoms with E-state index in [1.807, 2.05) is 11.8 Å². The summed E-state index contributed by atoms with van der Waals surface area (Å²) in [5.41, 5.74) is 0. The summed E-state index contributed by atoms with van der Waals surface area (Å²) in [6, 6.07) is 0.296. The Labute approximate surface area is 106 Å². The zero-order valence-corrected chi connectivity index (χ0v) is 10.7. The molecule has 0 bridgehead atoms. The van der Waals surface area contributed by atoms with E-state index in [0.717, 1.165) is 25.0 Å². The second kappa shape index (κ2) is 5.76. The molecular formula is C12H19NO3S. The van der Waals surface area contributed by atoms with Crippen LogP contribution in [0, 0.1) is 11.8 Å². The Bertz CT molecular complexity index is 302. The lowest BCUT2D eigenvalue weighted by Crippen LogP contribution is -2.41. The fraction of sp³-hybridized carbons (Fsp3) is 0.833. The van der Waals surface area contributed by atoms with Gasteiger partial charge in [-0.15, -0.1) is 0 Å². The summed E-state index contributed by atoms with van der Waals surface area (Å²) in [7, 11) is 0. The van der Waals surface area contributed by atoms with Crippen LogP contribution in [0.15, 0.2) is 0 Å². The highest BCUT2D eigenvalue weighted by Crippen LogP contribution is 2.31. The van der Waals surface area contributed by atoms with Crippen molar-refractivity contribution in [3.05, 3.63) is 0 Å². The Morgan fingerprint density at radius 1 is 1.18 bits per heavy atom. The summed E-state index contributed by atoms with van der Waals surface area (Å²) in [5, 5.41) is 12.0. The largest absolute Gasteiger partial charge is 0.481 e. The van der Waals surface area contributed by atoms with Crippen LogP contribution in [-0.2, 0) is 9.59 Å². The Morgan fingerprint density at radius 3 is 2.53 bits per heavy atom. The highest BCUT2D eigenvalue weighted by molar-refractivity contribution is 7.99. The fourth-order valence-electron chi connectivity index (χ4n) is 2.62. The van der Waals surface area contributed by atoms with Gasteiger partial charge in [0.05, 0.1) is 5.92 Å². The van der Waals surface area contributed by atoms with E-state index in [0.29, 0.717) is 18.9 Å². The van der Waals surface area contributed by atoms with Crippen LogP contribution in [-0.4, -0.2) is 34.5 Å². The summed E-state index contributed by atoms with van der Waals surface area (Å²) in [5.74, 6) is 1.11. The number of rotatable bonds is 3. The van der Waals surface area contributed by atoms with Gasteiger partial charge in [0.2, 0.25) is 5.91 Å². The van der Waals surface area contributed by atoms with Gasteiger partial charge in [0, 0.05) is 17.7 Å². The molecule has 0 aromatic carbocycles. The number of carboxylic acid groups (broad SMARTS) is 1. The van der Waals surface area contributed by atoms with Crippen molar-refractivity contribution >= 4 is 23.6 Å². The van der Waals surface area contributed by atoms with Crippen molar-refractivity contribution in [2.75, 3.05) is 11.5 Å². The van der Waals surface area contributed by atoms with Crippen LogP contribution in [0.4, 0.5) is 0 Å². The first-order chi connectivity index (χ1) is 8.16. The fourth-order valence-corrected chi connectivity index (χ4v) is 3.69. The number of nitrogens with one attached hydrogen (secondary N) is 1. The van der Waals surface area contributed by atoms with Crippen LogP contribution < -0.4 is 5.32 Å². The van der Waals surface area contributed by atoms with Gasteiger partial charge in [-0.3, -0.25) is 9.59 Å². The standard InChI is InChI=1S/C12H19NO3S/c14-11(13-10-2-1-5-17-7-10)8-3-4-9(6-8)12(15)16/h8-10H,1-7H2,(H,13,14)(H,15,16). The number of carbonyl (C=O) groups is 2. The van der Waals surface area contributed by atoms with E-state index in [-0.39, 0.29) is 17.7 Å². The van der Waals surface area contributed by atoms with E-state index in [4.69, 9.17) is 5.11 Å². The molecule has 1 saturated carbocycles. The molecule has 2 fully saturated rings. The molecule has 0 radical (unpaired) electrons. The Morgan fingerprint density at radius 2 is 1.94 bits per heavy atom. The molecule has 2 rings (SSSR count). The number of hydrogen-bond acceptors (Lipinski definition) is 3. The van der Waals surface area contributed by atoms with Gasteiger partial charge in [-0.2, -0.15) is 11.8 Å². The Hall–Kier alpha value is -0.710. The molecule has 2 N–H and O–H groups in total. The molecule has 1 heterocycles. The molecule has 3 unspecified atom stereocenters. The molecule has 5 heteroatoms. The van der Waals surface area contributed by atoms with Crippen molar-refractivity contribution < 1.29 is 14.7 Å². The van der Waals surface area contributed by atoms with Gasteiger partial charge < -0.3 is 10.4 Å². The van der Waals surface area contributed by atoms with Crippen LogP contribution in [0.25, 0.3) is 0 Å². The monoisotopic (exact) mass is 257 g/mol. The van der Waals surface area contributed by atoms with Crippen molar-refractivity contribution in [3.8, 4) is 0 Å². The van der Waals surface area contributed by atoms with E-state index in [1.165, 1.54) is 5.75 Å². The summed E-state index contributed by atoms with van der Waals surface area (Å²) < 4.78 is 0. The van der Waals surface area contributed by atoms with Crippen LogP contribution in [0.5, 0.6) is 0 Å². The van der Waals surface area contributed by atoms with Crippen LogP contribution in [0.3, 0.4) is 0 Å². The van der Waals surface area contributed by atoms with Gasteiger partial charge in [-0.1, -0.05) is 0 Å². The number of carboxylic acids is 1. The number of carbonyl (C=O) groups excluding carboxylic acids is 1. The summed E-state index contributed by atoms with van der Waals surface area (Å²) in [4.78, 5) is 22.8. The molecule has 1 saturated heterocycles. The van der Waals surface area contributed by atoms with Crippen LogP contribution in [0.1, 0.15) is 32.1 Å². The Balaban J connectivity index is 1.78. The first-order valence-corrected chi connectivity index (χ1v) is 7.43.